The van der Waals surface area contributed by atoms with Gasteiger partial charge in [0.1, 0.15) is 18.1 Å². The van der Waals surface area contributed by atoms with Gasteiger partial charge in [-0.15, -0.1) is 0 Å². The summed E-state index contributed by atoms with van der Waals surface area (Å²) in [5.41, 5.74) is 4.90. The van der Waals surface area contributed by atoms with E-state index < -0.39 is 0 Å². The van der Waals surface area contributed by atoms with E-state index >= 15 is 0 Å². The second kappa shape index (κ2) is 5.08. The van der Waals surface area contributed by atoms with Crippen LogP contribution >= 0.6 is 0 Å². The molecule has 2 aromatic rings. The third-order valence-corrected chi connectivity index (χ3v) is 3.88. The van der Waals surface area contributed by atoms with Gasteiger partial charge in [-0.25, -0.2) is 0 Å². The molecule has 0 amide bonds. The minimum absolute atomic E-state index is 0.528. The number of aromatic nitrogens is 1. The van der Waals surface area contributed by atoms with Crippen molar-refractivity contribution >= 4 is 0 Å². The van der Waals surface area contributed by atoms with Gasteiger partial charge >= 0.3 is 0 Å². The van der Waals surface area contributed by atoms with Crippen LogP contribution in [0.15, 0.2) is 22.7 Å². The lowest BCUT2D eigenvalue weighted by Crippen LogP contribution is -2.04. The zero-order chi connectivity index (χ0) is 13.2. The molecule has 0 radical (unpaired) electrons. The molecular formula is C16H19NO2. The van der Waals surface area contributed by atoms with Crippen LogP contribution in [-0.4, -0.2) is 5.16 Å². The molecule has 19 heavy (non-hydrogen) atoms. The summed E-state index contributed by atoms with van der Waals surface area (Å²) in [5.74, 6) is 1.79. The molecule has 0 atom stereocenters. The van der Waals surface area contributed by atoms with Gasteiger partial charge in [0.2, 0.25) is 0 Å². The molecule has 3 nitrogen and oxygen atoms in total. The van der Waals surface area contributed by atoms with Crippen molar-refractivity contribution in [1.82, 2.24) is 5.16 Å². The van der Waals surface area contributed by atoms with Gasteiger partial charge in [-0.2, -0.15) is 0 Å². The van der Waals surface area contributed by atoms with E-state index in [1.807, 2.05) is 13.8 Å². The fourth-order valence-corrected chi connectivity index (χ4v) is 2.66. The Labute approximate surface area is 113 Å². The summed E-state index contributed by atoms with van der Waals surface area (Å²) in [6.07, 6.45) is 4.99. The highest BCUT2D eigenvalue weighted by molar-refractivity contribution is 5.37. The van der Waals surface area contributed by atoms with Gasteiger partial charge in [-0.1, -0.05) is 11.2 Å². The van der Waals surface area contributed by atoms with Crippen molar-refractivity contribution in [2.75, 3.05) is 0 Å². The average molecular weight is 257 g/mol. The number of rotatable bonds is 3. The minimum atomic E-state index is 0.528. The van der Waals surface area contributed by atoms with E-state index in [1.165, 1.54) is 36.8 Å². The summed E-state index contributed by atoms with van der Waals surface area (Å²) in [4.78, 5) is 0. The second-order valence-electron chi connectivity index (χ2n) is 5.23. The lowest BCUT2D eigenvalue weighted by atomic mass is 9.92. The van der Waals surface area contributed by atoms with Crippen molar-refractivity contribution in [3.63, 3.8) is 0 Å². The van der Waals surface area contributed by atoms with Crippen LogP contribution in [0.4, 0.5) is 0 Å². The Morgan fingerprint density at radius 3 is 2.68 bits per heavy atom. The third-order valence-electron chi connectivity index (χ3n) is 3.88. The Kier molecular flexibility index (Phi) is 3.28. The maximum absolute atomic E-state index is 5.88. The quantitative estimate of drug-likeness (QED) is 0.840. The Bertz CT molecular complexity index is 567. The molecule has 0 N–H and O–H groups in total. The van der Waals surface area contributed by atoms with E-state index in [-0.39, 0.29) is 0 Å². The maximum Gasteiger partial charge on any atom is 0.140 e. The van der Waals surface area contributed by atoms with Gasteiger partial charge in [0.25, 0.3) is 0 Å². The molecule has 1 aliphatic carbocycles. The lowest BCUT2D eigenvalue weighted by molar-refractivity contribution is 0.301. The molecule has 3 heteroatoms. The number of benzene rings is 1. The number of hydrogen-bond donors (Lipinski definition) is 0. The van der Waals surface area contributed by atoms with Crippen molar-refractivity contribution in [2.24, 2.45) is 0 Å². The molecule has 0 fully saturated rings. The summed E-state index contributed by atoms with van der Waals surface area (Å²) >= 11 is 0. The largest absolute Gasteiger partial charge is 0.489 e. The van der Waals surface area contributed by atoms with Gasteiger partial charge in [0, 0.05) is 0 Å². The van der Waals surface area contributed by atoms with Gasteiger partial charge in [0.05, 0.1) is 11.3 Å². The van der Waals surface area contributed by atoms with E-state index in [2.05, 4.69) is 23.4 Å². The molecule has 1 aromatic heterocycles. The van der Waals surface area contributed by atoms with Gasteiger partial charge < -0.3 is 9.26 Å². The predicted molar refractivity (Wildman–Crippen MR) is 73.4 cm³/mol. The summed E-state index contributed by atoms with van der Waals surface area (Å²) in [7, 11) is 0. The Morgan fingerprint density at radius 1 is 1.16 bits per heavy atom. The van der Waals surface area contributed by atoms with Crippen molar-refractivity contribution in [3.05, 3.63) is 46.3 Å². The van der Waals surface area contributed by atoms with Gasteiger partial charge in [-0.05, 0) is 62.8 Å². The molecule has 0 unspecified atom stereocenters. The summed E-state index contributed by atoms with van der Waals surface area (Å²) in [5, 5.41) is 3.94. The summed E-state index contributed by atoms with van der Waals surface area (Å²) < 4.78 is 11.0. The first kappa shape index (κ1) is 12.3. The molecule has 3 rings (SSSR count). The Hall–Kier alpha value is -1.77. The van der Waals surface area contributed by atoms with Gasteiger partial charge in [0.15, 0.2) is 0 Å². The zero-order valence-corrected chi connectivity index (χ0v) is 11.5. The molecule has 0 bridgehead atoms. The van der Waals surface area contributed by atoms with Crippen LogP contribution in [0.3, 0.4) is 0 Å². The average Bonchev–Trinajstić information content (AvgIpc) is 2.76. The number of fused-ring (bicyclic) bond motifs is 1. The van der Waals surface area contributed by atoms with E-state index in [9.17, 15) is 0 Å². The zero-order valence-electron chi connectivity index (χ0n) is 11.5. The first-order chi connectivity index (χ1) is 9.24. The lowest BCUT2D eigenvalue weighted by Gasteiger charge is -2.16. The molecule has 0 saturated heterocycles. The fourth-order valence-electron chi connectivity index (χ4n) is 2.66. The van der Waals surface area contributed by atoms with Crippen LogP contribution < -0.4 is 4.74 Å². The first-order valence-electron chi connectivity index (χ1n) is 6.90. The van der Waals surface area contributed by atoms with E-state index in [0.29, 0.717) is 6.61 Å². The van der Waals surface area contributed by atoms with Crippen LogP contribution in [0.2, 0.25) is 0 Å². The van der Waals surface area contributed by atoms with Crippen molar-refractivity contribution in [3.8, 4) is 5.75 Å². The summed E-state index contributed by atoms with van der Waals surface area (Å²) in [6.45, 7) is 4.40. The molecular weight excluding hydrogens is 238 g/mol. The van der Waals surface area contributed by atoms with E-state index in [0.717, 1.165) is 22.8 Å². The van der Waals surface area contributed by atoms with Crippen LogP contribution in [0, 0.1) is 13.8 Å². The number of ether oxygens (including phenoxy) is 1. The molecule has 1 aliphatic rings. The molecule has 0 saturated carbocycles. The number of aryl methyl sites for hydroxylation is 4. The minimum Gasteiger partial charge on any atom is -0.489 e. The number of nitrogens with zero attached hydrogens (tertiary/aromatic N) is 1. The van der Waals surface area contributed by atoms with Crippen molar-refractivity contribution in [2.45, 2.75) is 46.1 Å². The normalized spacial score (nSPS) is 14.2. The van der Waals surface area contributed by atoms with Gasteiger partial charge in [-0.3, -0.25) is 0 Å². The SMILES string of the molecule is Cc1noc(C)c1COc1ccc2c(c1)CCCC2. The van der Waals surface area contributed by atoms with Crippen molar-refractivity contribution < 1.29 is 9.26 Å². The Morgan fingerprint density at radius 2 is 1.95 bits per heavy atom. The number of hydrogen-bond acceptors (Lipinski definition) is 3. The fraction of sp³-hybridized carbons (Fsp3) is 0.438. The van der Waals surface area contributed by atoms with Crippen LogP contribution in [0.5, 0.6) is 5.75 Å². The van der Waals surface area contributed by atoms with E-state index in [4.69, 9.17) is 9.26 Å². The van der Waals surface area contributed by atoms with Crippen LogP contribution in [-0.2, 0) is 19.4 Å². The predicted octanol–water partition coefficient (Wildman–Crippen LogP) is 3.75. The molecule has 0 spiro atoms. The maximum atomic E-state index is 5.88. The standard InChI is InChI=1S/C16H19NO2/c1-11-16(12(2)19-17-11)10-18-15-8-7-13-5-3-4-6-14(13)9-15/h7-9H,3-6,10H2,1-2H3. The first-order valence-corrected chi connectivity index (χ1v) is 6.90. The third kappa shape index (κ3) is 2.50. The van der Waals surface area contributed by atoms with Crippen LogP contribution in [0.25, 0.3) is 0 Å². The smallest absolute Gasteiger partial charge is 0.140 e. The van der Waals surface area contributed by atoms with Crippen LogP contribution in [0.1, 0.15) is 41.0 Å². The van der Waals surface area contributed by atoms with Crippen molar-refractivity contribution in [1.29, 1.82) is 0 Å². The van der Waals surface area contributed by atoms with E-state index in [1.54, 1.807) is 0 Å². The second-order valence-corrected chi connectivity index (χ2v) is 5.23. The molecule has 0 aliphatic heterocycles. The molecule has 1 heterocycles. The Balaban J connectivity index is 1.74. The highest BCUT2D eigenvalue weighted by atomic mass is 16.5. The molecule has 1 aromatic carbocycles. The highest BCUT2D eigenvalue weighted by Crippen LogP contribution is 2.26. The topological polar surface area (TPSA) is 35.3 Å². The molecule has 100 valence electrons. The summed E-state index contributed by atoms with van der Waals surface area (Å²) in [6, 6.07) is 6.46. The monoisotopic (exact) mass is 257 g/mol. The highest BCUT2D eigenvalue weighted by Gasteiger charge is 2.12.